The van der Waals surface area contributed by atoms with E-state index in [-0.39, 0.29) is 6.09 Å². The van der Waals surface area contributed by atoms with E-state index in [2.05, 4.69) is 38.3 Å². The first kappa shape index (κ1) is 22.2. The molecule has 0 aromatic heterocycles. The molecule has 1 amide bonds. The monoisotopic (exact) mass is 330 g/mol. The van der Waals surface area contributed by atoms with Crippen molar-refractivity contribution in [2.24, 2.45) is 17.8 Å². The molecule has 0 bridgehead atoms. The van der Waals surface area contributed by atoms with Crippen molar-refractivity contribution in [2.45, 2.75) is 67.0 Å². The van der Waals surface area contributed by atoms with Gasteiger partial charge in [0.15, 0.2) is 0 Å². The molecule has 0 spiro atoms. The van der Waals surface area contributed by atoms with Crippen LogP contribution in [-0.2, 0) is 9.47 Å². The van der Waals surface area contributed by atoms with E-state index in [0.717, 1.165) is 19.8 Å². The van der Waals surface area contributed by atoms with E-state index < -0.39 is 5.60 Å². The zero-order chi connectivity index (χ0) is 18.0. The molecule has 0 aromatic rings. The van der Waals surface area contributed by atoms with Crippen LogP contribution in [0.5, 0.6) is 0 Å². The molecule has 0 aliphatic carbocycles. The van der Waals surface area contributed by atoms with Gasteiger partial charge in [-0.05, 0) is 45.4 Å². The number of amides is 1. The first-order valence-electron chi connectivity index (χ1n) is 8.84. The van der Waals surface area contributed by atoms with E-state index in [1.165, 1.54) is 0 Å². The maximum atomic E-state index is 11.8. The topological polar surface area (TPSA) is 59.6 Å². The zero-order valence-electron chi connectivity index (χ0n) is 16.4. The van der Waals surface area contributed by atoms with E-state index >= 15 is 0 Å². The molecule has 2 unspecified atom stereocenters. The number of carbonyl (C=O) groups is 1. The van der Waals surface area contributed by atoms with Crippen molar-refractivity contribution in [3.05, 3.63) is 0 Å². The first-order chi connectivity index (χ1) is 10.6. The van der Waals surface area contributed by atoms with Crippen LogP contribution in [-0.4, -0.2) is 44.0 Å². The molecule has 0 aromatic carbocycles. The van der Waals surface area contributed by atoms with Gasteiger partial charge in [-0.15, -0.1) is 0 Å². The molecule has 0 saturated heterocycles. The molecule has 0 fully saturated rings. The Labute approximate surface area is 142 Å². The van der Waals surface area contributed by atoms with E-state index in [0.29, 0.717) is 30.3 Å². The minimum absolute atomic E-state index is 0.331. The van der Waals surface area contributed by atoms with Gasteiger partial charge in [0.2, 0.25) is 0 Å². The van der Waals surface area contributed by atoms with Crippen LogP contribution in [0.1, 0.15) is 55.4 Å². The molecule has 0 heterocycles. The van der Waals surface area contributed by atoms with Crippen LogP contribution in [0.25, 0.3) is 0 Å². The minimum Gasteiger partial charge on any atom is -0.444 e. The lowest BCUT2D eigenvalue weighted by Gasteiger charge is -2.28. The minimum atomic E-state index is -0.462. The molecule has 2 atom stereocenters. The number of hydrogen-bond acceptors (Lipinski definition) is 4. The SMILES string of the molecule is CCOCC(NCC(CNC(=O)OC(C)(C)C)C(C)C)C(C)C. The molecule has 2 N–H and O–H groups in total. The second kappa shape index (κ2) is 10.9. The Bertz CT molecular complexity index is 325. The van der Waals surface area contributed by atoms with E-state index in [9.17, 15) is 4.79 Å². The second-order valence-electron chi connectivity index (χ2n) is 7.81. The highest BCUT2D eigenvalue weighted by atomic mass is 16.6. The van der Waals surface area contributed by atoms with Gasteiger partial charge in [0, 0.05) is 25.7 Å². The molecular weight excluding hydrogens is 292 g/mol. The summed E-state index contributed by atoms with van der Waals surface area (Å²) in [5.74, 6) is 1.33. The highest BCUT2D eigenvalue weighted by Crippen LogP contribution is 2.12. The Balaban J connectivity index is 4.37. The van der Waals surface area contributed by atoms with E-state index in [1.807, 2.05) is 27.7 Å². The third-order valence-corrected chi connectivity index (χ3v) is 3.80. The standard InChI is InChI=1S/C18H38N2O3/c1-9-22-12-16(14(4)5)19-10-15(13(2)3)11-20-17(21)23-18(6,7)8/h13-16,19H,9-12H2,1-8H3,(H,20,21). The van der Waals surface area contributed by atoms with Gasteiger partial charge in [0.05, 0.1) is 6.61 Å². The predicted octanol–water partition coefficient (Wildman–Crippen LogP) is 3.43. The van der Waals surface area contributed by atoms with Gasteiger partial charge in [-0.3, -0.25) is 0 Å². The van der Waals surface area contributed by atoms with Crippen molar-refractivity contribution in [1.82, 2.24) is 10.6 Å². The normalized spacial score (nSPS) is 14.9. The molecule has 5 nitrogen and oxygen atoms in total. The maximum Gasteiger partial charge on any atom is 0.407 e. The molecular formula is C18H38N2O3. The molecule has 23 heavy (non-hydrogen) atoms. The highest BCUT2D eigenvalue weighted by Gasteiger charge is 2.21. The van der Waals surface area contributed by atoms with Gasteiger partial charge in [-0.25, -0.2) is 4.79 Å². The second-order valence-corrected chi connectivity index (χ2v) is 7.81. The Kier molecular flexibility index (Phi) is 10.5. The molecule has 0 aliphatic heterocycles. The van der Waals surface area contributed by atoms with Crippen LogP contribution in [0.2, 0.25) is 0 Å². The number of carbonyl (C=O) groups excluding carboxylic acids is 1. The average molecular weight is 331 g/mol. The fourth-order valence-corrected chi connectivity index (χ4v) is 2.11. The van der Waals surface area contributed by atoms with Crippen LogP contribution >= 0.6 is 0 Å². The van der Waals surface area contributed by atoms with Crippen molar-refractivity contribution >= 4 is 6.09 Å². The largest absolute Gasteiger partial charge is 0.444 e. The Morgan fingerprint density at radius 2 is 1.65 bits per heavy atom. The summed E-state index contributed by atoms with van der Waals surface area (Å²) < 4.78 is 10.8. The van der Waals surface area contributed by atoms with Crippen LogP contribution < -0.4 is 10.6 Å². The summed E-state index contributed by atoms with van der Waals surface area (Å²) in [6.45, 7) is 19.3. The smallest absolute Gasteiger partial charge is 0.407 e. The summed E-state index contributed by atoms with van der Waals surface area (Å²) in [7, 11) is 0. The van der Waals surface area contributed by atoms with Gasteiger partial charge < -0.3 is 20.1 Å². The summed E-state index contributed by atoms with van der Waals surface area (Å²) in [6.07, 6.45) is -0.349. The van der Waals surface area contributed by atoms with Gasteiger partial charge >= 0.3 is 6.09 Å². The highest BCUT2D eigenvalue weighted by molar-refractivity contribution is 5.67. The van der Waals surface area contributed by atoms with Crippen LogP contribution in [0, 0.1) is 17.8 Å². The van der Waals surface area contributed by atoms with Crippen LogP contribution in [0.4, 0.5) is 4.79 Å². The summed E-state index contributed by atoms with van der Waals surface area (Å²) in [4.78, 5) is 11.8. The zero-order valence-corrected chi connectivity index (χ0v) is 16.4. The average Bonchev–Trinajstić information content (AvgIpc) is 2.38. The Morgan fingerprint density at radius 1 is 1.04 bits per heavy atom. The molecule has 5 heteroatoms. The quantitative estimate of drug-likeness (QED) is 0.644. The number of hydrogen-bond donors (Lipinski definition) is 2. The van der Waals surface area contributed by atoms with Crippen molar-refractivity contribution in [3.8, 4) is 0 Å². The van der Waals surface area contributed by atoms with Gasteiger partial charge in [-0.2, -0.15) is 0 Å². The fraction of sp³-hybridized carbons (Fsp3) is 0.944. The predicted molar refractivity (Wildman–Crippen MR) is 95.7 cm³/mol. The van der Waals surface area contributed by atoms with Crippen molar-refractivity contribution in [2.75, 3.05) is 26.3 Å². The fourth-order valence-electron chi connectivity index (χ4n) is 2.11. The number of ether oxygens (including phenoxy) is 2. The molecule has 0 aliphatic rings. The van der Waals surface area contributed by atoms with Crippen molar-refractivity contribution in [1.29, 1.82) is 0 Å². The van der Waals surface area contributed by atoms with Gasteiger partial charge in [0.25, 0.3) is 0 Å². The third-order valence-electron chi connectivity index (χ3n) is 3.80. The number of nitrogens with one attached hydrogen (secondary N) is 2. The van der Waals surface area contributed by atoms with Crippen molar-refractivity contribution < 1.29 is 14.3 Å². The third kappa shape index (κ3) is 11.4. The molecule has 138 valence electrons. The summed E-state index contributed by atoms with van der Waals surface area (Å²) in [6, 6.07) is 0.331. The lowest BCUT2D eigenvalue weighted by atomic mass is 9.94. The Hall–Kier alpha value is -0.810. The van der Waals surface area contributed by atoms with Crippen LogP contribution in [0.15, 0.2) is 0 Å². The Morgan fingerprint density at radius 3 is 2.09 bits per heavy atom. The summed E-state index contributed by atoms with van der Waals surface area (Å²) in [5, 5.41) is 6.47. The summed E-state index contributed by atoms with van der Waals surface area (Å²) in [5.41, 5.74) is -0.462. The lowest BCUT2D eigenvalue weighted by molar-refractivity contribution is 0.0512. The van der Waals surface area contributed by atoms with Crippen LogP contribution in [0.3, 0.4) is 0 Å². The first-order valence-corrected chi connectivity index (χ1v) is 8.84. The van der Waals surface area contributed by atoms with E-state index in [4.69, 9.17) is 9.47 Å². The summed E-state index contributed by atoms with van der Waals surface area (Å²) >= 11 is 0. The number of rotatable bonds is 10. The maximum absolute atomic E-state index is 11.8. The molecule has 0 saturated carbocycles. The van der Waals surface area contributed by atoms with E-state index in [1.54, 1.807) is 0 Å². The molecule has 0 radical (unpaired) electrons. The van der Waals surface area contributed by atoms with Gasteiger partial charge in [-0.1, -0.05) is 27.7 Å². The molecule has 0 rings (SSSR count). The van der Waals surface area contributed by atoms with Gasteiger partial charge in [0.1, 0.15) is 5.60 Å². The lowest BCUT2D eigenvalue weighted by Crippen LogP contribution is -2.44. The van der Waals surface area contributed by atoms with Crippen molar-refractivity contribution in [3.63, 3.8) is 0 Å². The number of alkyl carbamates (subject to hydrolysis) is 1.